The molecule has 3 heteroatoms. The van der Waals surface area contributed by atoms with Crippen molar-refractivity contribution in [3.05, 3.63) is 0 Å². The molecule has 1 aliphatic rings. The van der Waals surface area contributed by atoms with Crippen molar-refractivity contribution in [1.82, 2.24) is 5.32 Å². The van der Waals surface area contributed by atoms with Crippen LogP contribution in [0.4, 0.5) is 0 Å². The Morgan fingerprint density at radius 3 is 2.31 bits per heavy atom. The summed E-state index contributed by atoms with van der Waals surface area (Å²) in [6.45, 7) is 6.38. The molecule has 0 radical (unpaired) electrons. The van der Waals surface area contributed by atoms with Crippen LogP contribution in [0.25, 0.3) is 0 Å². The molecule has 94 valence electrons. The van der Waals surface area contributed by atoms with Gasteiger partial charge in [-0.2, -0.15) is 0 Å². The minimum atomic E-state index is -0.720. The smallest absolute Gasteiger partial charge is 0.310 e. The first-order valence-electron chi connectivity index (χ1n) is 6.42. The largest absolute Gasteiger partial charge is 0.481 e. The zero-order chi connectivity index (χ0) is 12.2. The van der Waals surface area contributed by atoms with Crippen molar-refractivity contribution < 1.29 is 9.90 Å². The molecule has 2 N–H and O–H groups in total. The maximum Gasteiger partial charge on any atom is 0.310 e. The van der Waals surface area contributed by atoms with Gasteiger partial charge in [0.05, 0.1) is 5.41 Å². The molecule has 0 heterocycles. The van der Waals surface area contributed by atoms with E-state index < -0.39 is 11.4 Å². The van der Waals surface area contributed by atoms with Crippen molar-refractivity contribution in [2.45, 2.75) is 58.9 Å². The normalized spacial score (nSPS) is 26.7. The van der Waals surface area contributed by atoms with Gasteiger partial charge in [-0.3, -0.25) is 4.79 Å². The van der Waals surface area contributed by atoms with Gasteiger partial charge < -0.3 is 10.4 Å². The van der Waals surface area contributed by atoms with Gasteiger partial charge in [0, 0.05) is 12.6 Å². The van der Waals surface area contributed by atoms with Gasteiger partial charge in [-0.25, -0.2) is 0 Å². The van der Waals surface area contributed by atoms with E-state index in [1.807, 2.05) is 0 Å². The fourth-order valence-electron chi connectivity index (χ4n) is 2.25. The summed E-state index contributed by atoms with van der Waals surface area (Å²) < 4.78 is 0. The highest BCUT2D eigenvalue weighted by atomic mass is 16.4. The summed E-state index contributed by atoms with van der Waals surface area (Å²) in [6.07, 6.45) is 6.28. The third-order valence-electron chi connectivity index (χ3n) is 3.84. The Hall–Kier alpha value is -0.570. The highest BCUT2D eigenvalue weighted by Crippen LogP contribution is 2.27. The van der Waals surface area contributed by atoms with Crippen molar-refractivity contribution in [3.8, 4) is 0 Å². The second kappa shape index (κ2) is 5.67. The Kier molecular flexibility index (Phi) is 4.78. The summed E-state index contributed by atoms with van der Waals surface area (Å²) in [5.41, 5.74) is -0.651. The van der Waals surface area contributed by atoms with Crippen LogP contribution in [0.2, 0.25) is 0 Å². The lowest BCUT2D eigenvalue weighted by atomic mass is 9.84. The summed E-state index contributed by atoms with van der Waals surface area (Å²) >= 11 is 0. The third-order valence-corrected chi connectivity index (χ3v) is 3.84. The van der Waals surface area contributed by atoms with Gasteiger partial charge in [0.25, 0.3) is 0 Å². The van der Waals surface area contributed by atoms with Crippen LogP contribution >= 0.6 is 0 Å². The van der Waals surface area contributed by atoms with E-state index in [9.17, 15) is 4.79 Å². The minimum absolute atomic E-state index is 0.529. The Bertz CT molecular complexity index is 230. The Morgan fingerprint density at radius 1 is 1.31 bits per heavy atom. The molecule has 0 aromatic heterocycles. The lowest BCUT2D eigenvalue weighted by Gasteiger charge is -2.31. The standard InChI is InChI=1S/C13H25NO2/c1-4-10-5-7-11(8-6-10)14-9-13(2,3)12(15)16/h10-11,14H,4-9H2,1-3H3,(H,15,16). The van der Waals surface area contributed by atoms with Crippen molar-refractivity contribution in [1.29, 1.82) is 0 Å². The number of carboxylic acids is 1. The van der Waals surface area contributed by atoms with E-state index in [-0.39, 0.29) is 0 Å². The predicted octanol–water partition coefficient (Wildman–Crippen LogP) is 2.66. The van der Waals surface area contributed by atoms with Crippen molar-refractivity contribution in [2.24, 2.45) is 11.3 Å². The van der Waals surface area contributed by atoms with Crippen molar-refractivity contribution in [3.63, 3.8) is 0 Å². The molecule has 1 saturated carbocycles. The minimum Gasteiger partial charge on any atom is -0.481 e. The van der Waals surface area contributed by atoms with Gasteiger partial charge in [-0.05, 0) is 45.4 Å². The van der Waals surface area contributed by atoms with Crippen LogP contribution in [-0.4, -0.2) is 23.7 Å². The van der Waals surface area contributed by atoms with Crippen molar-refractivity contribution >= 4 is 5.97 Å². The van der Waals surface area contributed by atoms with Crippen LogP contribution in [0, 0.1) is 11.3 Å². The first-order chi connectivity index (χ1) is 7.45. The second-order valence-corrected chi connectivity index (χ2v) is 5.70. The number of nitrogens with one attached hydrogen (secondary N) is 1. The molecule has 0 spiro atoms. The quantitative estimate of drug-likeness (QED) is 0.759. The molecule has 0 saturated heterocycles. The highest BCUT2D eigenvalue weighted by Gasteiger charge is 2.28. The van der Waals surface area contributed by atoms with Gasteiger partial charge in [0.15, 0.2) is 0 Å². The summed E-state index contributed by atoms with van der Waals surface area (Å²) in [5, 5.41) is 12.4. The Morgan fingerprint density at radius 2 is 1.88 bits per heavy atom. The lowest BCUT2D eigenvalue weighted by Crippen LogP contribution is -2.42. The van der Waals surface area contributed by atoms with Crippen LogP contribution in [0.15, 0.2) is 0 Å². The maximum atomic E-state index is 11.0. The number of carbonyl (C=O) groups is 1. The van der Waals surface area contributed by atoms with E-state index in [0.29, 0.717) is 12.6 Å². The lowest BCUT2D eigenvalue weighted by molar-refractivity contribution is -0.146. The van der Waals surface area contributed by atoms with Gasteiger partial charge in [-0.15, -0.1) is 0 Å². The van der Waals surface area contributed by atoms with Gasteiger partial charge in [0.1, 0.15) is 0 Å². The van der Waals surface area contributed by atoms with Crippen LogP contribution < -0.4 is 5.32 Å². The topological polar surface area (TPSA) is 49.3 Å². The average Bonchev–Trinajstić information content (AvgIpc) is 2.27. The number of aliphatic carboxylic acids is 1. The predicted molar refractivity (Wildman–Crippen MR) is 65.5 cm³/mol. The summed E-state index contributed by atoms with van der Waals surface area (Å²) in [6, 6.07) is 0.529. The molecule has 1 aliphatic carbocycles. The molecule has 1 rings (SSSR count). The zero-order valence-corrected chi connectivity index (χ0v) is 10.8. The number of rotatable bonds is 5. The molecule has 0 aliphatic heterocycles. The molecule has 3 nitrogen and oxygen atoms in total. The second-order valence-electron chi connectivity index (χ2n) is 5.70. The molecule has 0 unspecified atom stereocenters. The fraction of sp³-hybridized carbons (Fsp3) is 0.923. The SMILES string of the molecule is CCC1CCC(NCC(C)(C)C(=O)O)CC1. The first kappa shape index (κ1) is 13.5. The highest BCUT2D eigenvalue weighted by molar-refractivity contribution is 5.73. The average molecular weight is 227 g/mol. The Labute approximate surface area is 98.6 Å². The van der Waals surface area contributed by atoms with E-state index >= 15 is 0 Å². The summed E-state index contributed by atoms with van der Waals surface area (Å²) in [4.78, 5) is 11.0. The molecular weight excluding hydrogens is 202 g/mol. The van der Waals surface area contributed by atoms with E-state index in [1.54, 1.807) is 13.8 Å². The Balaban J connectivity index is 2.27. The van der Waals surface area contributed by atoms with E-state index in [1.165, 1.54) is 32.1 Å². The van der Waals surface area contributed by atoms with E-state index in [4.69, 9.17) is 5.11 Å². The molecular formula is C13H25NO2. The molecule has 0 bridgehead atoms. The number of hydrogen-bond donors (Lipinski definition) is 2. The third kappa shape index (κ3) is 3.78. The van der Waals surface area contributed by atoms with Gasteiger partial charge >= 0.3 is 5.97 Å². The number of hydrogen-bond acceptors (Lipinski definition) is 2. The van der Waals surface area contributed by atoms with Crippen LogP contribution in [0.3, 0.4) is 0 Å². The van der Waals surface area contributed by atoms with E-state index in [0.717, 1.165) is 5.92 Å². The van der Waals surface area contributed by atoms with Crippen LogP contribution in [0.1, 0.15) is 52.9 Å². The van der Waals surface area contributed by atoms with Crippen LogP contribution in [-0.2, 0) is 4.79 Å². The maximum absolute atomic E-state index is 11.0. The zero-order valence-electron chi connectivity index (χ0n) is 10.8. The van der Waals surface area contributed by atoms with Crippen molar-refractivity contribution in [2.75, 3.05) is 6.54 Å². The molecule has 0 atom stereocenters. The van der Waals surface area contributed by atoms with Crippen LogP contribution in [0.5, 0.6) is 0 Å². The van der Waals surface area contributed by atoms with E-state index in [2.05, 4.69) is 12.2 Å². The summed E-state index contributed by atoms with van der Waals surface area (Å²) in [7, 11) is 0. The van der Waals surface area contributed by atoms with Gasteiger partial charge in [0.2, 0.25) is 0 Å². The molecule has 0 aromatic carbocycles. The fourth-order valence-corrected chi connectivity index (χ4v) is 2.25. The molecule has 1 fully saturated rings. The molecule has 0 aromatic rings. The first-order valence-corrected chi connectivity index (χ1v) is 6.42. The molecule has 0 amide bonds. The summed E-state index contributed by atoms with van der Waals surface area (Å²) in [5.74, 6) is 0.174. The number of carboxylic acid groups (broad SMARTS) is 1. The van der Waals surface area contributed by atoms with Gasteiger partial charge in [-0.1, -0.05) is 13.3 Å². The molecule has 16 heavy (non-hydrogen) atoms. The monoisotopic (exact) mass is 227 g/mol.